The summed E-state index contributed by atoms with van der Waals surface area (Å²) < 4.78 is 0. The van der Waals surface area contributed by atoms with Crippen LogP contribution in [0, 0.1) is 5.92 Å². The van der Waals surface area contributed by atoms with Gasteiger partial charge in [-0.15, -0.1) is 0 Å². The molecule has 112 valence electrons. The molecule has 0 aromatic rings. The lowest BCUT2D eigenvalue weighted by Crippen LogP contribution is -2.53. The first-order valence-electron chi connectivity index (χ1n) is 7.79. The van der Waals surface area contributed by atoms with Gasteiger partial charge in [0.2, 0.25) is 5.91 Å². The average molecular weight is 269 g/mol. The topological polar surface area (TPSA) is 44.4 Å². The van der Waals surface area contributed by atoms with Crippen LogP contribution in [0.2, 0.25) is 0 Å². The molecule has 0 bridgehead atoms. The molecule has 4 heteroatoms. The Kier molecular flexibility index (Phi) is 7.39. The molecule has 1 saturated heterocycles. The van der Waals surface area contributed by atoms with E-state index in [1.165, 1.54) is 12.8 Å². The quantitative estimate of drug-likeness (QED) is 0.690. The Hall–Kier alpha value is -0.610. The van der Waals surface area contributed by atoms with Crippen molar-refractivity contribution in [3.8, 4) is 0 Å². The highest BCUT2D eigenvalue weighted by atomic mass is 16.2. The molecule has 3 unspecified atom stereocenters. The van der Waals surface area contributed by atoms with Crippen molar-refractivity contribution in [3.63, 3.8) is 0 Å². The number of amides is 1. The molecule has 0 aliphatic carbocycles. The van der Waals surface area contributed by atoms with Gasteiger partial charge >= 0.3 is 0 Å². The van der Waals surface area contributed by atoms with Crippen LogP contribution in [0.5, 0.6) is 0 Å². The van der Waals surface area contributed by atoms with E-state index >= 15 is 0 Å². The number of hydrogen-bond acceptors (Lipinski definition) is 3. The monoisotopic (exact) mass is 269 g/mol. The number of hydrogen-bond donors (Lipinski definition) is 2. The van der Waals surface area contributed by atoms with Gasteiger partial charge in [-0.2, -0.15) is 0 Å². The lowest BCUT2D eigenvalue weighted by molar-refractivity contribution is -0.126. The number of unbranched alkanes of at least 4 members (excludes halogenated alkanes) is 2. The molecule has 1 aliphatic rings. The van der Waals surface area contributed by atoms with Crippen LogP contribution in [0.25, 0.3) is 0 Å². The number of nitrogens with zero attached hydrogens (tertiary/aromatic N) is 1. The summed E-state index contributed by atoms with van der Waals surface area (Å²) in [5.41, 5.74) is 0. The van der Waals surface area contributed by atoms with E-state index in [2.05, 4.69) is 29.4 Å². The van der Waals surface area contributed by atoms with E-state index in [1.807, 2.05) is 14.0 Å². The van der Waals surface area contributed by atoms with Gasteiger partial charge in [0.25, 0.3) is 0 Å². The van der Waals surface area contributed by atoms with Gasteiger partial charge < -0.3 is 10.6 Å². The summed E-state index contributed by atoms with van der Waals surface area (Å²) in [5.74, 6) is 0.792. The van der Waals surface area contributed by atoms with Crippen molar-refractivity contribution in [2.75, 3.05) is 26.7 Å². The number of carbonyl (C=O) groups excluding carboxylic acids is 1. The Balaban J connectivity index is 2.32. The standard InChI is InChI=1S/C15H31N3O/c1-5-6-7-9-17-15(19)13(3)18-10-8-14(16-4)12(2)11-18/h12-14,16H,5-11H2,1-4H3,(H,17,19). The van der Waals surface area contributed by atoms with Gasteiger partial charge in [0.15, 0.2) is 0 Å². The third kappa shape index (κ3) is 5.11. The van der Waals surface area contributed by atoms with Gasteiger partial charge in [-0.1, -0.05) is 26.7 Å². The summed E-state index contributed by atoms with van der Waals surface area (Å²) in [7, 11) is 2.03. The van der Waals surface area contributed by atoms with E-state index in [4.69, 9.17) is 0 Å². The van der Waals surface area contributed by atoms with E-state index in [0.717, 1.165) is 32.5 Å². The van der Waals surface area contributed by atoms with Crippen molar-refractivity contribution < 1.29 is 4.79 Å². The second-order valence-electron chi connectivity index (χ2n) is 5.83. The van der Waals surface area contributed by atoms with Crippen LogP contribution in [-0.4, -0.2) is 49.6 Å². The Morgan fingerprint density at radius 3 is 2.74 bits per heavy atom. The Morgan fingerprint density at radius 1 is 1.42 bits per heavy atom. The number of piperidine rings is 1. The van der Waals surface area contributed by atoms with E-state index in [0.29, 0.717) is 12.0 Å². The SMILES string of the molecule is CCCCCNC(=O)C(C)N1CCC(NC)C(C)C1. The van der Waals surface area contributed by atoms with Crippen molar-refractivity contribution in [2.24, 2.45) is 5.92 Å². The molecule has 1 fully saturated rings. The minimum absolute atomic E-state index is 0.00174. The van der Waals surface area contributed by atoms with Crippen LogP contribution in [0.3, 0.4) is 0 Å². The summed E-state index contributed by atoms with van der Waals surface area (Å²) in [5, 5.41) is 6.42. The van der Waals surface area contributed by atoms with Gasteiger partial charge in [-0.3, -0.25) is 9.69 Å². The molecule has 1 amide bonds. The van der Waals surface area contributed by atoms with Crippen LogP contribution >= 0.6 is 0 Å². The number of nitrogens with one attached hydrogen (secondary N) is 2. The minimum atomic E-state index is 0.00174. The molecular formula is C15H31N3O. The Labute approximate surface area is 118 Å². The van der Waals surface area contributed by atoms with Crippen molar-refractivity contribution in [2.45, 2.75) is 58.5 Å². The van der Waals surface area contributed by atoms with Crippen molar-refractivity contribution >= 4 is 5.91 Å². The predicted molar refractivity (Wildman–Crippen MR) is 80.2 cm³/mol. The molecular weight excluding hydrogens is 238 g/mol. The third-order valence-electron chi connectivity index (χ3n) is 4.31. The van der Waals surface area contributed by atoms with Crippen LogP contribution in [0.15, 0.2) is 0 Å². The van der Waals surface area contributed by atoms with Gasteiger partial charge in [0.1, 0.15) is 0 Å². The van der Waals surface area contributed by atoms with Crippen molar-refractivity contribution in [1.82, 2.24) is 15.5 Å². The fraction of sp³-hybridized carbons (Fsp3) is 0.933. The van der Waals surface area contributed by atoms with E-state index < -0.39 is 0 Å². The maximum Gasteiger partial charge on any atom is 0.237 e. The van der Waals surface area contributed by atoms with Crippen molar-refractivity contribution in [3.05, 3.63) is 0 Å². The van der Waals surface area contributed by atoms with Crippen LogP contribution < -0.4 is 10.6 Å². The zero-order valence-electron chi connectivity index (χ0n) is 13.0. The molecule has 1 rings (SSSR count). The molecule has 0 aromatic carbocycles. The van der Waals surface area contributed by atoms with Gasteiger partial charge in [-0.25, -0.2) is 0 Å². The summed E-state index contributed by atoms with van der Waals surface area (Å²) in [4.78, 5) is 14.4. The largest absolute Gasteiger partial charge is 0.355 e. The highest BCUT2D eigenvalue weighted by molar-refractivity contribution is 5.81. The van der Waals surface area contributed by atoms with Crippen LogP contribution in [-0.2, 0) is 4.79 Å². The van der Waals surface area contributed by atoms with E-state index in [1.54, 1.807) is 0 Å². The molecule has 3 atom stereocenters. The lowest BCUT2D eigenvalue weighted by atomic mass is 9.93. The highest BCUT2D eigenvalue weighted by Gasteiger charge is 2.29. The van der Waals surface area contributed by atoms with Gasteiger partial charge in [-0.05, 0) is 32.7 Å². The molecule has 1 aliphatic heterocycles. The maximum absolute atomic E-state index is 12.1. The van der Waals surface area contributed by atoms with E-state index in [9.17, 15) is 4.79 Å². The molecule has 0 radical (unpaired) electrons. The maximum atomic E-state index is 12.1. The summed E-state index contributed by atoms with van der Waals surface area (Å²) in [6.45, 7) is 9.31. The fourth-order valence-electron chi connectivity index (χ4n) is 2.86. The normalized spacial score (nSPS) is 26.1. The Bertz CT molecular complexity index is 270. The van der Waals surface area contributed by atoms with Gasteiger partial charge in [0.05, 0.1) is 6.04 Å². The summed E-state index contributed by atoms with van der Waals surface area (Å²) >= 11 is 0. The zero-order chi connectivity index (χ0) is 14.3. The number of likely N-dealkylation sites (tertiary alicyclic amines) is 1. The Morgan fingerprint density at radius 2 is 2.16 bits per heavy atom. The molecule has 0 aromatic heterocycles. The average Bonchev–Trinajstić information content (AvgIpc) is 2.42. The number of carbonyl (C=O) groups is 1. The second kappa shape index (κ2) is 8.54. The molecule has 4 nitrogen and oxygen atoms in total. The smallest absolute Gasteiger partial charge is 0.237 e. The lowest BCUT2D eigenvalue weighted by Gasteiger charge is -2.39. The van der Waals surface area contributed by atoms with Crippen LogP contribution in [0.1, 0.15) is 46.5 Å². The summed E-state index contributed by atoms with van der Waals surface area (Å²) in [6.07, 6.45) is 4.61. The van der Waals surface area contributed by atoms with Crippen LogP contribution in [0.4, 0.5) is 0 Å². The minimum Gasteiger partial charge on any atom is -0.355 e. The first-order valence-corrected chi connectivity index (χ1v) is 7.79. The van der Waals surface area contributed by atoms with Gasteiger partial charge in [0, 0.05) is 25.7 Å². The summed E-state index contributed by atoms with van der Waals surface area (Å²) in [6, 6.07) is 0.595. The third-order valence-corrected chi connectivity index (χ3v) is 4.31. The first kappa shape index (κ1) is 16.4. The van der Waals surface area contributed by atoms with Crippen molar-refractivity contribution in [1.29, 1.82) is 0 Å². The zero-order valence-corrected chi connectivity index (χ0v) is 13.0. The predicted octanol–water partition coefficient (Wildman–Crippen LogP) is 1.61. The first-order chi connectivity index (χ1) is 9.10. The molecule has 19 heavy (non-hydrogen) atoms. The number of rotatable bonds is 7. The molecule has 0 saturated carbocycles. The highest BCUT2D eigenvalue weighted by Crippen LogP contribution is 2.18. The second-order valence-corrected chi connectivity index (χ2v) is 5.83. The molecule has 0 spiro atoms. The van der Waals surface area contributed by atoms with E-state index in [-0.39, 0.29) is 11.9 Å². The molecule has 1 heterocycles. The fourth-order valence-corrected chi connectivity index (χ4v) is 2.86. The molecule has 2 N–H and O–H groups in total.